The minimum atomic E-state index is -2.58. The van der Waals surface area contributed by atoms with Crippen molar-refractivity contribution < 1.29 is 23.2 Å². The molecule has 1 unspecified atom stereocenters. The maximum Gasteiger partial charge on any atom is 0.139 e. The third kappa shape index (κ3) is 4.70. The molecule has 0 radical (unpaired) electrons. The fourth-order valence-electron chi connectivity index (χ4n) is 1.40. The van der Waals surface area contributed by atoms with Gasteiger partial charge in [0.25, 0.3) is 0 Å². The van der Waals surface area contributed by atoms with Crippen molar-refractivity contribution in [2.45, 2.75) is 0 Å². The molecule has 1 aromatic carbocycles. The minimum Gasteiger partial charge on any atom is -0.740 e. The molecular formula is C10H14NO5S-. The Morgan fingerprint density at radius 3 is 2.12 bits per heavy atom. The van der Waals surface area contributed by atoms with Crippen molar-refractivity contribution in [2.75, 3.05) is 31.2 Å². The zero-order valence-corrected chi connectivity index (χ0v) is 9.93. The number of aliphatic hydroxyl groups is 2. The number of aliphatic hydroxyl groups excluding tert-OH is 2. The van der Waals surface area contributed by atoms with Gasteiger partial charge in [0.05, 0.1) is 13.2 Å². The van der Waals surface area contributed by atoms with Gasteiger partial charge in [0.2, 0.25) is 0 Å². The molecule has 17 heavy (non-hydrogen) atoms. The number of benzene rings is 1. The lowest BCUT2D eigenvalue weighted by molar-refractivity contribution is 0.281. The Morgan fingerprint density at radius 2 is 1.71 bits per heavy atom. The number of hydrogen-bond donors (Lipinski definition) is 2. The third-order valence-electron chi connectivity index (χ3n) is 2.11. The molecular weight excluding hydrogens is 246 g/mol. The largest absolute Gasteiger partial charge is 0.740 e. The Bertz CT molecular complexity index is 350. The monoisotopic (exact) mass is 260 g/mol. The van der Waals surface area contributed by atoms with E-state index in [1.165, 1.54) is 12.1 Å². The Kier molecular flexibility index (Phi) is 5.92. The molecule has 0 saturated heterocycles. The Hall–Kier alpha value is -1.15. The quantitative estimate of drug-likeness (QED) is 0.651. The maximum atomic E-state index is 10.3. The molecule has 0 amide bonds. The first kappa shape index (κ1) is 13.9. The standard InChI is InChI=1S/C10H15NO5S/c12-7-5-11(6-8-13)9-1-3-10(4-2-9)16-17(14)15/h1-4,12-13H,5-8H2,(H,14,15)/p-1. The van der Waals surface area contributed by atoms with E-state index in [4.69, 9.17) is 10.2 Å². The van der Waals surface area contributed by atoms with Crippen LogP contribution in [0.3, 0.4) is 0 Å². The second-order valence-corrected chi connectivity index (χ2v) is 3.79. The van der Waals surface area contributed by atoms with Gasteiger partial charge in [0.1, 0.15) is 17.1 Å². The summed E-state index contributed by atoms with van der Waals surface area (Å²) >= 11 is -2.58. The average molecular weight is 260 g/mol. The van der Waals surface area contributed by atoms with E-state index >= 15 is 0 Å². The summed E-state index contributed by atoms with van der Waals surface area (Å²) in [5, 5.41) is 17.7. The maximum absolute atomic E-state index is 10.3. The van der Waals surface area contributed by atoms with Crippen LogP contribution in [-0.4, -0.2) is 45.3 Å². The smallest absolute Gasteiger partial charge is 0.139 e. The van der Waals surface area contributed by atoms with Gasteiger partial charge in [-0.25, -0.2) is 4.21 Å². The van der Waals surface area contributed by atoms with Gasteiger partial charge < -0.3 is 23.8 Å². The lowest BCUT2D eigenvalue weighted by Crippen LogP contribution is -2.29. The van der Waals surface area contributed by atoms with Gasteiger partial charge in [-0.3, -0.25) is 0 Å². The van der Waals surface area contributed by atoms with Gasteiger partial charge in [-0.15, -0.1) is 0 Å². The molecule has 1 aromatic rings. The molecule has 1 rings (SSSR count). The van der Waals surface area contributed by atoms with Gasteiger partial charge in [-0.05, 0) is 24.3 Å². The lowest BCUT2D eigenvalue weighted by atomic mass is 10.2. The second-order valence-electron chi connectivity index (χ2n) is 3.22. The van der Waals surface area contributed by atoms with Crippen LogP contribution in [0.1, 0.15) is 0 Å². The molecule has 7 heteroatoms. The Balaban J connectivity index is 2.72. The summed E-state index contributed by atoms with van der Waals surface area (Å²) in [6.07, 6.45) is 0. The van der Waals surface area contributed by atoms with Gasteiger partial charge in [-0.2, -0.15) is 0 Å². The molecule has 0 heterocycles. The first-order valence-corrected chi connectivity index (χ1v) is 6.01. The molecule has 2 N–H and O–H groups in total. The van der Waals surface area contributed by atoms with E-state index in [0.29, 0.717) is 13.1 Å². The van der Waals surface area contributed by atoms with E-state index in [9.17, 15) is 8.76 Å². The molecule has 0 aliphatic heterocycles. The number of anilines is 1. The van der Waals surface area contributed by atoms with Gasteiger partial charge >= 0.3 is 0 Å². The number of hydrogen-bond acceptors (Lipinski definition) is 6. The average Bonchev–Trinajstić information content (AvgIpc) is 2.29. The predicted molar refractivity (Wildman–Crippen MR) is 62.4 cm³/mol. The molecule has 1 atom stereocenters. The van der Waals surface area contributed by atoms with Crippen LogP contribution in [0.15, 0.2) is 24.3 Å². The summed E-state index contributed by atoms with van der Waals surface area (Å²) in [5.74, 6) is 0.218. The van der Waals surface area contributed by atoms with E-state index in [0.717, 1.165) is 5.69 Å². The van der Waals surface area contributed by atoms with Gasteiger partial charge in [0.15, 0.2) is 0 Å². The molecule has 96 valence electrons. The highest BCUT2D eigenvalue weighted by atomic mass is 32.2. The van der Waals surface area contributed by atoms with Crippen molar-refractivity contribution >= 4 is 17.0 Å². The summed E-state index contributed by atoms with van der Waals surface area (Å²) in [6.45, 7) is 0.744. The van der Waals surface area contributed by atoms with Crippen molar-refractivity contribution in [2.24, 2.45) is 0 Å². The van der Waals surface area contributed by atoms with E-state index in [1.54, 1.807) is 17.0 Å². The lowest BCUT2D eigenvalue weighted by Gasteiger charge is -2.23. The summed E-state index contributed by atoms with van der Waals surface area (Å²) in [7, 11) is 0. The second kappa shape index (κ2) is 7.23. The van der Waals surface area contributed by atoms with Gasteiger partial charge in [0, 0.05) is 18.8 Å². The van der Waals surface area contributed by atoms with Gasteiger partial charge in [-0.1, -0.05) is 0 Å². The fourth-order valence-corrected chi connectivity index (χ4v) is 1.67. The van der Waals surface area contributed by atoms with Crippen molar-refractivity contribution in [1.82, 2.24) is 0 Å². The van der Waals surface area contributed by atoms with Crippen LogP contribution in [-0.2, 0) is 11.4 Å². The molecule has 0 fully saturated rings. The molecule has 0 aliphatic rings. The highest BCUT2D eigenvalue weighted by molar-refractivity contribution is 7.74. The molecule has 0 bridgehead atoms. The summed E-state index contributed by atoms with van der Waals surface area (Å²) in [5.41, 5.74) is 0.775. The Morgan fingerprint density at radius 1 is 1.18 bits per heavy atom. The predicted octanol–water partition coefficient (Wildman–Crippen LogP) is -0.350. The highest BCUT2D eigenvalue weighted by Crippen LogP contribution is 2.19. The molecule has 0 aliphatic carbocycles. The first-order valence-electron chi connectivity index (χ1n) is 5.01. The van der Waals surface area contributed by atoms with Crippen molar-refractivity contribution in [3.8, 4) is 5.75 Å². The summed E-state index contributed by atoms with van der Waals surface area (Å²) in [4.78, 5) is 1.78. The van der Waals surface area contributed by atoms with Crippen molar-refractivity contribution in [3.63, 3.8) is 0 Å². The topological polar surface area (TPSA) is 93.1 Å². The van der Waals surface area contributed by atoms with Crippen molar-refractivity contribution in [1.29, 1.82) is 0 Å². The van der Waals surface area contributed by atoms with Crippen LogP contribution in [0.5, 0.6) is 5.75 Å². The first-order chi connectivity index (χ1) is 8.17. The third-order valence-corrected chi connectivity index (χ3v) is 2.43. The van der Waals surface area contributed by atoms with Crippen LogP contribution in [0, 0.1) is 0 Å². The molecule has 6 nitrogen and oxygen atoms in total. The SMILES string of the molecule is O=S([O-])Oc1ccc(N(CCO)CCO)cc1. The normalized spacial score (nSPS) is 12.2. The Labute approximate surface area is 102 Å². The fraction of sp³-hybridized carbons (Fsp3) is 0.400. The molecule has 0 spiro atoms. The van der Waals surface area contributed by atoms with Crippen LogP contribution in [0.2, 0.25) is 0 Å². The summed E-state index contributed by atoms with van der Waals surface area (Å²) < 4.78 is 25.1. The van der Waals surface area contributed by atoms with E-state index in [-0.39, 0.29) is 19.0 Å². The van der Waals surface area contributed by atoms with E-state index in [2.05, 4.69) is 4.18 Å². The highest BCUT2D eigenvalue weighted by Gasteiger charge is 2.05. The summed E-state index contributed by atoms with van der Waals surface area (Å²) in [6, 6.07) is 6.33. The van der Waals surface area contributed by atoms with Crippen molar-refractivity contribution in [3.05, 3.63) is 24.3 Å². The number of nitrogens with zero attached hydrogens (tertiary/aromatic N) is 1. The molecule has 0 saturated carbocycles. The van der Waals surface area contributed by atoms with Crippen LogP contribution in [0.25, 0.3) is 0 Å². The van der Waals surface area contributed by atoms with Crippen LogP contribution in [0.4, 0.5) is 5.69 Å². The number of rotatable bonds is 7. The zero-order chi connectivity index (χ0) is 12.7. The zero-order valence-electron chi connectivity index (χ0n) is 9.11. The van der Waals surface area contributed by atoms with E-state index in [1.807, 2.05) is 0 Å². The molecule has 0 aromatic heterocycles. The minimum absolute atomic E-state index is 0.0250. The van der Waals surface area contributed by atoms with E-state index < -0.39 is 11.4 Å². The van der Waals surface area contributed by atoms with Crippen LogP contribution >= 0.6 is 0 Å². The van der Waals surface area contributed by atoms with Crippen LogP contribution < -0.4 is 9.08 Å².